The summed E-state index contributed by atoms with van der Waals surface area (Å²) in [6.45, 7) is 5.29. The Morgan fingerprint density at radius 2 is 1.76 bits per heavy atom. The Kier molecular flexibility index (Phi) is 3.99. The van der Waals surface area contributed by atoms with Crippen LogP contribution in [0.2, 0.25) is 0 Å². The Hall–Kier alpha value is -1.10. The Morgan fingerprint density at radius 1 is 1.18 bits per heavy atom. The van der Waals surface area contributed by atoms with Crippen molar-refractivity contribution in [2.45, 2.75) is 6.04 Å². The van der Waals surface area contributed by atoms with Gasteiger partial charge in [0.05, 0.1) is 0 Å². The molecule has 1 heterocycles. The third-order valence-corrected chi connectivity index (χ3v) is 3.37. The summed E-state index contributed by atoms with van der Waals surface area (Å²) in [6, 6.07) is 7.21. The number of piperazine rings is 1. The van der Waals surface area contributed by atoms with Gasteiger partial charge < -0.3 is 15.7 Å². The van der Waals surface area contributed by atoms with E-state index in [2.05, 4.69) is 16.8 Å². The van der Waals surface area contributed by atoms with Gasteiger partial charge in [0.25, 0.3) is 0 Å². The highest BCUT2D eigenvalue weighted by molar-refractivity contribution is 5.28. The normalized spacial score (nSPS) is 20.4. The zero-order chi connectivity index (χ0) is 12.3. The molecule has 94 valence electrons. The van der Waals surface area contributed by atoms with Gasteiger partial charge in [0.2, 0.25) is 0 Å². The minimum absolute atomic E-state index is 0.0269. The smallest absolute Gasteiger partial charge is 0.115 e. The van der Waals surface area contributed by atoms with E-state index in [1.807, 2.05) is 12.1 Å². The van der Waals surface area contributed by atoms with Crippen molar-refractivity contribution in [2.75, 3.05) is 39.8 Å². The first-order chi connectivity index (χ1) is 8.15. The Morgan fingerprint density at radius 3 is 2.35 bits per heavy atom. The summed E-state index contributed by atoms with van der Waals surface area (Å²) in [5.74, 6) is 0.292. The first-order valence-electron chi connectivity index (χ1n) is 6.10. The van der Waals surface area contributed by atoms with Crippen molar-refractivity contribution >= 4 is 0 Å². The molecule has 4 nitrogen and oxygen atoms in total. The lowest BCUT2D eigenvalue weighted by atomic mass is 10.1. The summed E-state index contributed by atoms with van der Waals surface area (Å²) in [5, 5.41) is 9.23. The minimum atomic E-state index is 0.0269. The van der Waals surface area contributed by atoms with E-state index in [1.54, 1.807) is 12.1 Å². The third-order valence-electron chi connectivity index (χ3n) is 3.37. The first kappa shape index (κ1) is 12.4. The van der Waals surface area contributed by atoms with Crippen LogP contribution in [0.4, 0.5) is 0 Å². The quantitative estimate of drug-likeness (QED) is 0.807. The fourth-order valence-electron chi connectivity index (χ4n) is 2.14. The van der Waals surface area contributed by atoms with E-state index in [0.717, 1.165) is 38.3 Å². The number of rotatable bonds is 3. The molecule has 1 aliphatic rings. The van der Waals surface area contributed by atoms with Gasteiger partial charge in [0.15, 0.2) is 0 Å². The van der Waals surface area contributed by atoms with Crippen LogP contribution in [0.5, 0.6) is 5.75 Å². The van der Waals surface area contributed by atoms with Crippen LogP contribution in [0.15, 0.2) is 24.3 Å². The number of phenols is 1. The standard InChI is InChI=1S/C13H21N3O/c1-15-6-8-16(9-7-15)10-13(14)11-2-4-12(17)5-3-11/h2-5,13,17H,6-10,14H2,1H3. The van der Waals surface area contributed by atoms with Crippen LogP contribution < -0.4 is 5.73 Å². The number of benzene rings is 1. The number of phenolic OH excluding ortho intramolecular Hbond substituents is 1. The second kappa shape index (κ2) is 5.49. The SMILES string of the molecule is CN1CCN(CC(N)c2ccc(O)cc2)CC1. The predicted octanol–water partition coefficient (Wildman–Crippen LogP) is 0.639. The van der Waals surface area contributed by atoms with Gasteiger partial charge in [-0.25, -0.2) is 0 Å². The molecule has 17 heavy (non-hydrogen) atoms. The molecule has 1 unspecified atom stereocenters. The summed E-state index contributed by atoms with van der Waals surface area (Å²) >= 11 is 0. The molecule has 1 fully saturated rings. The molecule has 0 radical (unpaired) electrons. The van der Waals surface area contributed by atoms with Crippen LogP contribution in [0.1, 0.15) is 11.6 Å². The van der Waals surface area contributed by atoms with Crippen molar-refractivity contribution in [3.05, 3.63) is 29.8 Å². The molecule has 3 N–H and O–H groups in total. The van der Waals surface area contributed by atoms with Crippen LogP contribution in [0.25, 0.3) is 0 Å². The van der Waals surface area contributed by atoms with Crippen LogP contribution in [-0.4, -0.2) is 54.7 Å². The van der Waals surface area contributed by atoms with Gasteiger partial charge in [-0.2, -0.15) is 0 Å². The summed E-state index contributed by atoms with van der Waals surface area (Å²) in [6.07, 6.45) is 0. The van der Waals surface area contributed by atoms with Crippen molar-refractivity contribution < 1.29 is 5.11 Å². The van der Waals surface area contributed by atoms with Crippen molar-refractivity contribution in [3.8, 4) is 5.75 Å². The molecule has 0 aliphatic carbocycles. The second-order valence-corrected chi connectivity index (χ2v) is 4.80. The maximum absolute atomic E-state index is 9.23. The lowest BCUT2D eigenvalue weighted by Gasteiger charge is -2.33. The van der Waals surface area contributed by atoms with Gasteiger partial charge in [0, 0.05) is 38.8 Å². The first-order valence-corrected chi connectivity index (χ1v) is 6.10. The van der Waals surface area contributed by atoms with Crippen molar-refractivity contribution in [3.63, 3.8) is 0 Å². The number of hydrogen-bond acceptors (Lipinski definition) is 4. The number of nitrogens with zero attached hydrogens (tertiary/aromatic N) is 2. The average Bonchev–Trinajstić information content (AvgIpc) is 2.33. The highest BCUT2D eigenvalue weighted by Crippen LogP contribution is 2.16. The number of aromatic hydroxyl groups is 1. The maximum Gasteiger partial charge on any atom is 0.115 e. The van der Waals surface area contributed by atoms with E-state index < -0.39 is 0 Å². The second-order valence-electron chi connectivity index (χ2n) is 4.80. The zero-order valence-corrected chi connectivity index (χ0v) is 10.3. The van der Waals surface area contributed by atoms with E-state index in [4.69, 9.17) is 5.73 Å². The molecule has 1 aliphatic heterocycles. The van der Waals surface area contributed by atoms with E-state index in [9.17, 15) is 5.11 Å². The van der Waals surface area contributed by atoms with Crippen molar-refractivity contribution in [2.24, 2.45) is 5.73 Å². The third kappa shape index (κ3) is 3.43. The van der Waals surface area contributed by atoms with Crippen LogP contribution in [0, 0.1) is 0 Å². The summed E-state index contributed by atoms with van der Waals surface area (Å²) in [4.78, 5) is 4.74. The lowest BCUT2D eigenvalue weighted by Crippen LogP contribution is -2.46. The monoisotopic (exact) mass is 235 g/mol. The molecule has 0 saturated carbocycles. The molecule has 1 saturated heterocycles. The highest BCUT2D eigenvalue weighted by atomic mass is 16.3. The van der Waals surface area contributed by atoms with Gasteiger partial charge in [-0.3, -0.25) is 4.90 Å². The van der Waals surface area contributed by atoms with E-state index >= 15 is 0 Å². The topological polar surface area (TPSA) is 52.7 Å². The van der Waals surface area contributed by atoms with Crippen LogP contribution in [-0.2, 0) is 0 Å². The summed E-state index contributed by atoms with van der Waals surface area (Å²) in [5.41, 5.74) is 7.26. The molecule has 2 rings (SSSR count). The van der Waals surface area contributed by atoms with Gasteiger partial charge in [0.1, 0.15) is 5.75 Å². The number of hydrogen-bond donors (Lipinski definition) is 2. The minimum Gasteiger partial charge on any atom is -0.508 e. The van der Waals surface area contributed by atoms with Gasteiger partial charge in [-0.15, -0.1) is 0 Å². The molecule has 1 atom stereocenters. The van der Waals surface area contributed by atoms with Crippen LogP contribution in [0.3, 0.4) is 0 Å². The molecule has 0 spiro atoms. The lowest BCUT2D eigenvalue weighted by molar-refractivity contribution is 0.147. The van der Waals surface area contributed by atoms with Gasteiger partial charge in [-0.05, 0) is 24.7 Å². The number of likely N-dealkylation sites (N-methyl/N-ethyl adjacent to an activating group) is 1. The average molecular weight is 235 g/mol. The largest absolute Gasteiger partial charge is 0.508 e. The molecule has 1 aromatic carbocycles. The van der Waals surface area contributed by atoms with Gasteiger partial charge >= 0.3 is 0 Å². The van der Waals surface area contributed by atoms with E-state index in [1.165, 1.54) is 0 Å². The number of nitrogens with two attached hydrogens (primary N) is 1. The van der Waals surface area contributed by atoms with E-state index in [-0.39, 0.29) is 6.04 Å². The molecule has 0 amide bonds. The molecule has 0 bridgehead atoms. The van der Waals surface area contributed by atoms with Crippen molar-refractivity contribution in [1.82, 2.24) is 9.80 Å². The fraction of sp³-hybridized carbons (Fsp3) is 0.538. The Balaban J connectivity index is 1.88. The van der Waals surface area contributed by atoms with Crippen molar-refractivity contribution in [1.29, 1.82) is 0 Å². The van der Waals surface area contributed by atoms with Gasteiger partial charge in [-0.1, -0.05) is 12.1 Å². The maximum atomic E-state index is 9.23. The zero-order valence-electron chi connectivity index (χ0n) is 10.3. The van der Waals surface area contributed by atoms with Crippen LogP contribution >= 0.6 is 0 Å². The fourth-order valence-corrected chi connectivity index (χ4v) is 2.14. The molecule has 0 aromatic heterocycles. The molecule has 1 aromatic rings. The molecule has 4 heteroatoms. The predicted molar refractivity (Wildman–Crippen MR) is 69.0 cm³/mol. The summed E-state index contributed by atoms with van der Waals surface area (Å²) < 4.78 is 0. The van der Waals surface area contributed by atoms with E-state index in [0.29, 0.717) is 5.75 Å². The highest BCUT2D eigenvalue weighted by Gasteiger charge is 2.16. The molecular formula is C13H21N3O. The Labute approximate surface area is 103 Å². The molecular weight excluding hydrogens is 214 g/mol. The summed E-state index contributed by atoms with van der Waals surface area (Å²) in [7, 11) is 2.15. The Bertz CT molecular complexity index is 344.